The number of aromatic carboxylic acids is 1. The zero-order valence-electron chi connectivity index (χ0n) is 10.6. The van der Waals surface area contributed by atoms with E-state index in [1.54, 1.807) is 31.3 Å². The van der Waals surface area contributed by atoms with Crippen LogP contribution in [0.1, 0.15) is 17.5 Å². The van der Waals surface area contributed by atoms with Gasteiger partial charge in [0.05, 0.1) is 6.61 Å². The van der Waals surface area contributed by atoms with Gasteiger partial charge in [0.15, 0.2) is 0 Å². The van der Waals surface area contributed by atoms with E-state index >= 15 is 0 Å². The highest BCUT2D eigenvalue weighted by Crippen LogP contribution is 2.28. The number of nitrogens with one attached hydrogen (secondary N) is 1. The second-order valence-corrected chi connectivity index (χ2v) is 3.71. The number of carbonyl (C=O) groups is 1. The predicted octanol–water partition coefficient (Wildman–Crippen LogP) is 2.48. The maximum Gasteiger partial charge on any atom is 0.374 e. The molecule has 0 spiro atoms. The first-order valence-electron chi connectivity index (χ1n) is 5.80. The minimum atomic E-state index is -1.16. The van der Waals surface area contributed by atoms with Crippen molar-refractivity contribution in [3.63, 3.8) is 0 Å². The van der Waals surface area contributed by atoms with Gasteiger partial charge in [-0.05, 0) is 19.1 Å². The summed E-state index contributed by atoms with van der Waals surface area (Å²) < 4.78 is 10.5. The van der Waals surface area contributed by atoms with E-state index in [1.807, 2.05) is 6.92 Å². The molecule has 0 aliphatic heterocycles. The van der Waals surface area contributed by atoms with Crippen LogP contribution in [0.3, 0.4) is 0 Å². The number of nitrogens with zero attached hydrogens (tertiary/aromatic N) is 1. The monoisotopic (exact) mass is 262 g/mol. The van der Waals surface area contributed by atoms with Crippen molar-refractivity contribution in [3.05, 3.63) is 30.0 Å². The largest absolute Gasteiger partial charge is 0.494 e. The fourth-order valence-corrected chi connectivity index (χ4v) is 1.67. The van der Waals surface area contributed by atoms with Gasteiger partial charge in [-0.15, -0.1) is 0 Å². The molecule has 0 radical (unpaired) electrons. The summed E-state index contributed by atoms with van der Waals surface area (Å²) in [6.07, 6.45) is 0. The average Bonchev–Trinajstić information content (AvgIpc) is 2.84. The van der Waals surface area contributed by atoms with Crippen LogP contribution in [0.4, 0.5) is 6.01 Å². The zero-order chi connectivity index (χ0) is 13.8. The summed E-state index contributed by atoms with van der Waals surface area (Å²) in [7, 11) is 1.61. The lowest BCUT2D eigenvalue weighted by Crippen LogP contribution is -1.97. The Morgan fingerprint density at radius 2 is 2.32 bits per heavy atom. The van der Waals surface area contributed by atoms with Gasteiger partial charge in [-0.1, -0.05) is 12.1 Å². The molecule has 1 aromatic carbocycles. The van der Waals surface area contributed by atoms with Gasteiger partial charge in [-0.3, -0.25) is 0 Å². The van der Waals surface area contributed by atoms with Gasteiger partial charge in [-0.2, -0.15) is 4.98 Å². The van der Waals surface area contributed by atoms with Crippen LogP contribution in [0.25, 0.3) is 11.3 Å². The van der Waals surface area contributed by atoms with E-state index in [4.69, 9.17) is 14.3 Å². The second-order valence-electron chi connectivity index (χ2n) is 3.71. The molecule has 0 fully saturated rings. The van der Waals surface area contributed by atoms with Crippen molar-refractivity contribution in [2.24, 2.45) is 0 Å². The van der Waals surface area contributed by atoms with Gasteiger partial charge >= 0.3 is 5.97 Å². The molecule has 2 N–H and O–H groups in total. The first kappa shape index (κ1) is 12.9. The molecule has 0 saturated heterocycles. The molecule has 100 valence electrons. The van der Waals surface area contributed by atoms with Crippen LogP contribution in [0.15, 0.2) is 28.7 Å². The molecule has 2 aromatic rings. The minimum Gasteiger partial charge on any atom is -0.494 e. The quantitative estimate of drug-likeness (QED) is 0.861. The molecule has 6 nitrogen and oxygen atoms in total. The Hall–Kier alpha value is -2.50. The molecule has 0 unspecified atom stereocenters. The SMILES string of the molecule is CCOc1cccc(-c2nc(NC)oc2C(=O)O)c1. The number of benzene rings is 1. The summed E-state index contributed by atoms with van der Waals surface area (Å²) in [6.45, 7) is 2.42. The molecule has 2 rings (SSSR count). The second kappa shape index (κ2) is 5.43. The summed E-state index contributed by atoms with van der Waals surface area (Å²) in [5, 5.41) is 11.8. The standard InChI is InChI=1S/C13H14N2O4/c1-3-18-9-6-4-5-8(7-9)10-11(12(16)17)19-13(14-2)15-10/h4-7H,3H2,1-2H3,(H,14,15)(H,16,17). The van der Waals surface area contributed by atoms with Gasteiger partial charge in [0.25, 0.3) is 6.01 Å². The number of ether oxygens (including phenoxy) is 1. The molecular weight excluding hydrogens is 248 g/mol. The Kier molecular flexibility index (Phi) is 3.70. The van der Waals surface area contributed by atoms with E-state index in [-0.39, 0.29) is 17.5 Å². The highest BCUT2D eigenvalue weighted by molar-refractivity contribution is 5.92. The Morgan fingerprint density at radius 1 is 1.53 bits per heavy atom. The molecule has 1 heterocycles. The molecule has 0 aliphatic carbocycles. The van der Waals surface area contributed by atoms with Gasteiger partial charge in [0.2, 0.25) is 5.76 Å². The maximum absolute atomic E-state index is 11.1. The lowest BCUT2D eigenvalue weighted by molar-refractivity contribution is 0.0665. The van der Waals surface area contributed by atoms with Crippen molar-refractivity contribution in [1.29, 1.82) is 0 Å². The number of hydrogen-bond donors (Lipinski definition) is 2. The average molecular weight is 262 g/mol. The molecule has 0 amide bonds. The summed E-state index contributed by atoms with van der Waals surface area (Å²) >= 11 is 0. The van der Waals surface area contributed by atoms with Crippen molar-refractivity contribution >= 4 is 12.0 Å². The zero-order valence-corrected chi connectivity index (χ0v) is 10.6. The molecule has 6 heteroatoms. The number of oxazole rings is 1. The van der Waals surface area contributed by atoms with Crippen LogP contribution < -0.4 is 10.1 Å². The number of carboxylic acid groups (broad SMARTS) is 1. The molecule has 0 bridgehead atoms. The van der Waals surface area contributed by atoms with Gasteiger partial charge in [-0.25, -0.2) is 4.79 Å². The smallest absolute Gasteiger partial charge is 0.374 e. The van der Waals surface area contributed by atoms with Crippen molar-refractivity contribution in [1.82, 2.24) is 4.98 Å². The highest BCUT2D eigenvalue weighted by Gasteiger charge is 2.20. The number of hydrogen-bond acceptors (Lipinski definition) is 5. The summed E-state index contributed by atoms with van der Waals surface area (Å²) in [5.74, 6) is -0.700. The Morgan fingerprint density at radius 3 is 2.95 bits per heavy atom. The molecule has 0 saturated carbocycles. The van der Waals surface area contributed by atoms with Crippen LogP contribution >= 0.6 is 0 Å². The molecule has 0 atom stereocenters. The van der Waals surface area contributed by atoms with Crippen LogP contribution in [0.5, 0.6) is 5.75 Å². The first-order valence-corrected chi connectivity index (χ1v) is 5.80. The van der Waals surface area contributed by atoms with Gasteiger partial charge < -0.3 is 19.6 Å². The van der Waals surface area contributed by atoms with Crippen molar-refractivity contribution in [3.8, 4) is 17.0 Å². The van der Waals surface area contributed by atoms with E-state index in [0.29, 0.717) is 17.9 Å². The topological polar surface area (TPSA) is 84.6 Å². The lowest BCUT2D eigenvalue weighted by atomic mass is 10.1. The van der Waals surface area contributed by atoms with Crippen LogP contribution in [-0.2, 0) is 0 Å². The van der Waals surface area contributed by atoms with Crippen LogP contribution in [0, 0.1) is 0 Å². The molecule has 1 aromatic heterocycles. The molecular formula is C13H14N2O4. The molecule has 0 aliphatic rings. The third-order valence-corrected chi connectivity index (χ3v) is 2.45. The first-order chi connectivity index (χ1) is 9.15. The van der Waals surface area contributed by atoms with Crippen LogP contribution in [-0.4, -0.2) is 29.7 Å². The lowest BCUT2D eigenvalue weighted by Gasteiger charge is -2.04. The van der Waals surface area contributed by atoms with E-state index in [1.165, 1.54) is 0 Å². The normalized spacial score (nSPS) is 10.2. The van der Waals surface area contributed by atoms with E-state index in [9.17, 15) is 4.79 Å². The fourth-order valence-electron chi connectivity index (χ4n) is 1.67. The minimum absolute atomic E-state index is 0.161. The van der Waals surface area contributed by atoms with E-state index in [0.717, 1.165) is 0 Å². The van der Waals surface area contributed by atoms with E-state index < -0.39 is 5.97 Å². The number of aromatic nitrogens is 1. The Bertz CT molecular complexity index is 592. The number of anilines is 1. The Labute approximate surface area is 110 Å². The summed E-state index contributed by atoms with van der Waals surface area (Å²) in [4.78, 5) is 15.2. The van der Waals surface area contributed by atoms with Crippen molar-refractivity contribution in [2.45, 2.75) is 6.92 Å². The van der Waals surface area contributed by atoms with Crippen molar-refractivity contribution in [2.75, 3.05) is 19.0 Å². The number of carboxylic acids is 1. The predicted molar refractivity (Wildman–Crippen MR) is 69.6 cm³/mol. The molecule has 19 heavy (non-hydrogen) atoms. The number of rotatable bonds is 5. The van der Waals surface area contributed by atoms with E-state index in [2.05, 4.69) is 10.3 Å². The third kappa shape index (κ3) is 2.67. The maximum atomic E-state index is 11.1. The highest BCUT2D eigenvalue weighted by atomic mass is 16.5. The third-order valence-electron chi connectivity index (χ3n) is 2.45. The Balaban J connectivity index is 2.48. The fraction of sp³-hybridized carbons (Fsp3) is 0.231. The van der Waals surface area contributed by atoms with Crippen molar-refractivity contribution < 1.29 is 19.1 Å². The summed E-state index contributed by atoms with van der Waals surface area (Å²) in [5.41, 5.74) is 0.909. The van der Waals surface area contributed by atoms with Crippen LogP contribution in [0.2, 0.25) is 0 Å². The van der Waals surface area contributed by atoms with Gasteiger partial charge in [0, 0.05) is 12.6 Å². The summed E-state index contributed by atoms with van der Waals surface area (Å²) in [6, 6.07) is 7.22. The van der Waals surface area contributed by atoms with Gasteiger partial charge in [0.1, 0.15) is 11.4 Å².